The van der Waals surface area contributed by atoms with Gasteiger partial charge in [0.05, 0.1) is 12.2 Å². The van der Waals surface area contributed by atoms with Crippen molar-refractivity contribution in [1.82, 2.24) is 0 Å². The summed E-state index contributed by atoms with van der Waals surface area (Å²) in [6, 6.07) is 1.53. The van der Waals surface area contributed by atoms with E-state index in [-0.39, 0.29) is 5.22 Å². The van der Waals surface area contributed by atoms with Gasteiger partial charge in [0.25, 0.3) is 0 Å². The first-order valence-electron chi connectivity index (χ1n) is 3.62. The van der Waals surface area contributed by atoms with E-state index >= 15 is 0 Å². The van der Waals surface area contributed by atoms with Gasteiger partial charge in [-0.25, -0.2) is 0 Å². The molecule has 1 atom stereocenters. The maximum Gasteiger partial charge on any atom is 0.311 e. The SMILES string of the molecule is CCC(C(=O)O)c1coc(Cl)c1. The van der Waals surface area contributed by atoms with Gasteiger partial charge in [0, 0.05) is 5.56 Å². The van der Waals surface area contributed by atoms with Gasteiger partial charge in [0.2, 0.25) is 0 Å². The average Bonchev–Trinajstić information content (AvgIpc) is 2.37. The molecule has 0 amide bonds. The van der Waals surface area contributed by atoms with Gasteiger partial charge in [-0.1, -0.05) is 6.92 Å². The third kappa shape index (κ3) is 1.80. The van der Waals surface area contributed by atoms with Gasteiger partial charge in [-0.05, 0) is 24.1 Å². The van der Waals surface area contributed by atoms with Crippen LogP contribution in [0.5, 0.6) is 0 Å². The smallest absolute Gasteiger partial charge is 0.311 e. The zero-order chi connectivity index (χ0) is 9.14. The summed E-state index contributed by atoms with van der Waals surface area (Å²) in [6.07, 6.45) is 1.91. The Bertz CT molecular complexity index is 280. The quantitative estimate of drug-likeness (QED) is 0.793. The molecule has 0 fully saturated rings. The maximum atomic E-state index is 10.7. The summed E-state index contributed by atoms with van der Waals surface area (Å²) in [7, 11) is 0. The van der Waals surface area contributed by atoms with Crippen molar-refractivity contribution in [2.75, 3.05) is 0 Å². The summed E-state index contributed by atoms with van der Waals surface area (Å²) < 4.78 is 4.80. The van der Waals surface area contributed by atoms with Gasteiger partial charge >= 0.3 is 5.97 Å². The van der Waals surface area contributed by atoms with Crippen LogP contribution in [0.1, 0.15) is 24.8 Å². The van der Waals surface area contributed by atoms with E-state index in [9.17, 15) is 4.79 Å². The molecule has 0 radical (unpaired) electrons. The van der Waals surface area contributed by atoms with Gasteiger partial charge < -0.3 is 9.52 Å². The molecular formula is C8H9ClO3. The topological polar surface area (TPSA) is 50.4 Å². The van der Waals surface area contributed by atoms with Crippen LogP contribution in [0.15, 0.2) is 16.7 Å². The van der Waals surface area contributed by atoms with Crippen molar-refractivity contribution in [3.8, 4) is 0 Å². The van der Waals surface area contributed by atoms with E-state index in [1.165, 1.54) is 12.3 Å². The van der Waals surface area contributed by atoms with Crippen LogP contribution in [0.3, 0.4) is 0 Å². The Hall–Kier alpha value is -0.960. The molecule has 3 nitrogen and oxygen atoms in total. The molecule has 12 heavy (non-hydrogen) atoms. The fourth-order valence-electron chi connectivity index (χ4n) is 1.06. The molecule has 0 aliphatic heterocycles. The molecule has 1 unspecified atom stereocenters. The number of rotatable bonds is 3. The minimum atomic E-state index is -0.852. The predicted molar refractivity (Wildman–Crippen MR) is 44.4 cm³/mol. The van der Waals surface area contributed by atoms with Gasteiger partial charge in [-0.2, -0.15) is 0 Å². The third-order valence-electron chi connectivity index (χ3n) is 1.70. The van der Waals surface area contributed by atoms with Crippen LogP contribution in [-0.4, -0.2) is 11.1 Å². The fourth-order valence-corrected chi connectivity index (χ4v) is 1.23. The second kappa shape index (κ2) is 3.63. The fraction of sp³-hybridized carbons (Fsp3) is 0.375. The summed E-state index contributed by atoms with van der Waals surface area (Å²) in [4.78, 5) is 10.7. The molecule has 0 bridgehead atoms. The zero-order valence-corrected chi connectivity index (χ0v) is 7.34. The largest absolute Gasteiger partial charge is 0.481 e. The lowest BCUT2D eigenvalue weighted by molar-refractivity contribution is -0.138. The molecule has 1 aromatic heterocycles. The number of hydrogen-bond acceptors (Lipinski definition) is 2. The summed E-state index contributed by atoms with van der Waals surface area (Å²) in [5.41, 5.74) is 0.620. The number of carboxylic acid groups (broad SMARTS) is 1. The average molecular weight is 189 g/mol. The molecule has 4 heteroatoms. The van der Waals surface area contributed by atoms with E-state index in [2.05, 4.69) is 0 Å². The van der Waals surface area contributed by atoms with Crippen LogP contribution >= 0.6 is 11.6 Å². The summed E-state index contributed by atoms with van der Waals surface area (Å²) in [6.45, 7) is 1.81. The number of hydrogen-bond donors (Lipinski definition) is 1. The van der Waals surface area contributed by atoms with Crippen molar-refractivity contribution in [3.63, 3.8) is 0 Å². The van der Waals surface area contributed by atoms with E-state index < -0.39 is 11.9 Å². The van der Waals surface area contributed by atoms with E-state index in [0.717, 1.165) is 0 Å². The highest BCUT2D eigenvalue weighted by molar-refractivity contribution is 6.28. The number of carbonyl (C=O) groups is 1. The highest BCUT2D eigenvalue weighted by Gasteiger charge is 2.19. The molecule has 1 aromatic rings. The molecule has 66 valence electrons. The highest BCUT2D eigenvalue weighted by atomic mass is 35.5. The lowest BCUT2D eigenvalue weighted by Gasteiger charge is -2.04. The molecule has 1 heterocycles. The number of halogens is 1. The minimum absolute atomic E-state index is 0.227. The number of furan rings is 1. The minimum Gasteiger partial charge on any atom is -0.481 e. The Morgan fingerprint density at radius 3 is 2.83 bits per heavy atom. The molecule has 1 N–H and O–H groups in total. The predicted octanol–water partition coefficient (Wildman–Crippen LogP) is 2.51. The van der Waals surface area contributed by atoms with E-state index in [4.69, 9.17) is 21.1 Å². The Morgan fingerprint density at radius 2 is 2.50 bits per heavy atom. The van der Waals surface area contributed by atoms with Gasteiger partial charge in [-0.3, -0.25) is 4.79 Å². The maximum absolute atomic E-state index is 10.7. The second-order valence-corrected chi connectivity index (χ2v) is 2.86. The van der Waals surface area contributed by atoms with Crippen LogP contribution in [0.4, 0.5) is 0 Å². The summed E-state index contributed by atoms with van der Waals surface area (Å²) in [5, 5.41) is 8.98. The monoisotopic (exact) mass is 188 g/mol. The molecule has 1 rings (SSSR count). The second-order valence-electron chi connectivity index (χ2n) is 2.48. The van der Waals surface area contributed by atoms with Crippen LogP contribution < -0.4 is 0 Å². The van der Waals surface area contributed by atoms with Crippen LogP contribution in [0, 0.1) is 0 Å². The lowest BCUT2D eigenvalue weighted by Crippen LogP contribution is -2.09. The first kappa shape index (κ1) is 9.13. The lowest BCUT2D eigenvalue weighted by atomic mass is 10.0. The van der Waals surface area contributed by atoms with Crippen LogP contribution in [-0.2, 0) is 4.79 Å². The van der Waals surface area contributed by atoms with Crippen molar-refractivity contribution in [2.45, 2.75) is 19.3 Å². The number of aliphatic carboxylic acids is 1. The molecule has 0 saturated carbocycles. The molecular weight excluding hydrogens is 180 g/mol. The molecule has 0 saturated heterocycles. The third-order valence-corrected chi connectivity index (χ3v) is 1.89. The first-order chi connectivity index (χ1) is 5.65. The van der Waals surface area contributed by atoms with Crippen molar-refractivity contribution in [1.29, 1.82) is 0 Å². The Labute approximate surface area is 74.9 Å². The van der Waals surface area contributed by atoms with E-state index in [1.54, 1.807) is 6.92 Å². The molecule has 0 aliphatic rings. The van der Waals surface area contributed by atoms with Crippen LogP contribution in [0.2, 0.25) is 5.22 Å². The van der Waals surface area contributed by atoms with Crippen molar-refractivity contribution < 1.29 is 14.3 Å². The Morgan fingerprint density at radius 1 is 1.83 bits per heavy atom. The summed E-state index contributed by atoms with van der Waals surface area (Å²) >= 11 is 5.51. The summed E-state index contributed by atoms with van der Waals surface area (Å²) in [5.74, 6) is -1.36. The number of carboxylic acids is 1. The van der Waals surface area contributed by atoms with E-state index in [0.29, 0.717) is 12.0 Å². The molecule has 0 aliphatic carbocycles. The molecule has 0 aromatic carbocycles. The van der Waals surface area contributed by atoms with Crippen molar-refractivity contribution in [3.05, 3.63) is 23.1 Å². The van der Waals surface area contributed by atoms with Crippen molar-refractivity contribution >= 4 is 17.6 Å². The van der Waals surface area contributed by atoms with Crippen LogP contribution in [0.25, 0.3) is 0 Å². The van der Waals surface area contributed by atoms with Gasteiger partial charge in [0.1, 0.15) is 0 Å². The Kier molecular flexibility index (Phi) is 2.76. The first-order valence-corrected chi connectivity index (χ1v) is 3.99. The van der Waals surface area contributed by atoms with E-state index in [1.807, 2.05) is 0 Å². The zero-order valence-electron chi connectivity index (χ0n) is 6.58. The highest BCUT2D eigenvalue weighted by Crippen LogP contribution is 2.24. The molecule has 0 spiro atoms. The Balaban J connectivity index is 2.87. The van der Waals surface area contributed by atoms with Gasteiger partial charge in [0.15, 0.2) is 5.22 Å². The van der Waals surface area contributed by atoms with Crippen molar-refractivity contribution in [2.24, 2.45) is 0 Å². The normalized spacial score (nSPS) is 12.8. The standard InChI is InChI=1S/C8H9ClO3/c1-2-6(8(10)11)5-3-7(9)12-4-5/h3-4,6H,2H2,1H3,(H,10,11). The van der Waals surface area contributed by atoms with Gasteiger partial charge in [-0.15, -0.1) is 0 Å².